The fourth-order valence-corrected chi connectivity index (χ4v) is 2.06. The molecule has 5 nitrogen and oxygen atoms in total. The molecule has 1 aromatic carbocycles. The van der Waals surface area contributed by atoms with Gasteiger partial charge in [0.05, 0.1) is 11.6 Å². The van der Waals surface area contributed by atoms with Crippen LogP contribution in [0, 0.1) is 0 Å². The Hall–Kier alpha value is -0.950. The van der Waals surface area contributed by atoms with E-state index >= 15 is 0 Å². The average Bonchev–Trinajstić information content (AvgIpc) is 2.83. The molecular formula is C12H13BrClN3O2. The van der Waals surface area contributed by atoms with Gasteiger partial charge in [0.2, 0.25) is 0 Å². The number of halogens is 2. The topological polar surface area (TPSA) is 74.2 Å². The largest absolute Gasteiger partial charge is 0.382 e. The Kier molecular flexibility index (Phi) is 4.25. The Balaban J connectivity index is 2.33. The highest BCUT2D eigenvalue weighted by Crippen LogP contribution is 2.28. The van der Waals surface area contributed by atoms with Gasteiger partial charge in [-0.25, -0.2) is 0 Å². The molecule has 1 unspecified atom stereocenters. The third-order valence-electron chi connectivity index (χ3n) is 2.55. The Labute approximate surface area is 124 Å². The van der Waals surface area contributed by atoms with Crippen molar-refractivity contribution in [2.24, 2.45) is 5.73 Å². The minimum atomic E-state index is -0.792. The van der Waals surface area contributed by atoms with Gasteiger partial charge in [-0.1, -0.05) is 16.8 Å². The fourth-order valence-electron chi connectivity index (χ4n) is 1.57. The molecule has 0 saturated carbocycles. The minimum Gasteiger partial charge on any atom is -0.382 e. The minimum absolute atomic E-state index is 0.302. The van der Waals surface area contributed by atoms with Gasteiger partial charge in [-0.2, -0.15) is 4.98 Å². The maximum absolute atomic E-state index is 6.05. The van der Waals surface area contributed by atoms with Crippen LogP contribution in [-0.2, 0) is 10.3 Å². The molecule has 1 heterocycles. The monoisotopic (exact) mass is 345 g/mol. The van der Waals surface area contributed by atoms with Crippen molar-refractivity contribution in [1.82, 2.24) is 10.1 Å². The second kappa shape index (κ2) is 5.58. The van der Waals surface area contributed by atoms with E-state index in [4.69, 9.17) is 26.6 Å². The zero-order valence-electron chi connectivity index (χ0n) is 10.5. The van der Waals surface area contributed by atoms with Crippen molar-refractivity contribution in [2.45, 2.75) is 12.5 Å². The maximum Gasteiger partial charge on any atom is 0.258 e. The molecule has 102 valence electrons. The number of rotatable bonds is 4. The zero-order valence-corrected chi connectivity index (χ0v) is 12.8. The standard InChI is InChI=1S/C12H13BrClN3O2/c1-12(15,6-18-2)11-16-10(19-17-11)7-3-4-9(14)8(13)5-7/h3-5H,6,15H2,1-2H3. The van der Waals surface area contributed by atoms with Gasteiger partial charge < -0.3 is 15.0 Å². The number of benzene rings is 1. The Bertz CT molecular complexity index is 586. The Morgan fingerprint density at radius 3 is 2.89 bits per heavy atom. The summed E-state index contributed by atoms with van der Waals surface area (Å²) in [6.45, 7) is 2.08. The van der Waals surface area contributed by atoms with Gasteiger partial charge in [0.1, 0.15) is 5.54 Å². The lowest BCUT2D eigenvalue weighted by Crippen LogP contribution is -2.38. The van der Waals surface area contributed by atoms with E-state index in [1.54, 1.807) is 26.2 Å². The first kappa shape index (κ1) is 14.5. The number of nitrogens with zero attached hydrogens (tertiary/aromatic N) is 2. The van der Waals surface area contributed by atoms with Gasteiger partial charge in [-0.15, -0.1) is 0 Å². The lowest BCUT2D eigenvalue weighted by molar-refractivity contribution is 0.135. The van der Waals surface area contributed by atoms with E-state index in [9.17, 15) is 0 Å². The summed E-state index contributed by atoms with van der Waals surface area (Å²) in [6, 6.07) is 5.36. The molecule has 1 aromatic heterocycles. The van der Waals surface area contributed by atoms with Gasteiger partial charge in [0.25, 0.3) is 5.89 Å². The predicted molar refractivity (Wildman–Crippen MR) is 75.9 cm³/mol. The summed E-state index contributed by atoms with van der Waals surface area (Å²) in [4.78, 5) is 4.29. The van der Waals surface area contributed by atoms with Crippen LogP contribution < -0.4 is 5.73 Å². The van der Waals surface area contributed by atoms with Crippen LogP contribution in [0.3, 0.4) is 0 Å². The van der Waals surface area contributed by atoms with Crippen LogP contribution in [0.1, 0.15) is 12.7 Å². The van der Waals surface area contributed by atoms with Crippen molar-refractivity contribution < 1.29 is 9.26 Å². The van der Waals surface area contributed by atoms with E-state index in [1.807, 2.05) is 6.07 Å². The van der Waals surface area contributed by atoms with Gasteiger partial charge in [0.15, 0.2) is 5.82 Å². The molecule has 0 bridgehead atoms. The number of nitrogens with two attached hydrogens (primary N) is 1. The lowest BCUT2D eigenvalue weighted by atomic mass is 10.1. The molecule has 0 aliphatic heterocycles. The number of hydrogen-bond acceptors (Lipinski definition) is 5. The van der Waals surface area contributed by atoms with Crippen molar-refractivity contribution in [1.29, 1.82) is 0 Å². The highest BCUT2D eigenvalue weighted by Gasteiger charge is 2.27. The Morgan fingerprint density at radius 2 is 2.26 bits per heavy atom. The molecule has 0 aliphatic rings. The molecule has 0 saturated heterocycles. The van der Waals surface area contributed by atoms with Gasteiger partial charge in [-0.05, 0) is 41.1 Å². The molecule has 19 heavy (non-hydrogen) atoms. The molecule has 0 fully saturated rings. The second-order valence-electron chi connectivity index (χ2n) is 4.40. The summed E-state index contributed by atoms with van der Waals surface area (Å²) in [5, 5.41) is 4.51. The fraction of sp³-hybridized carbons (Fsp3) is 0.333. The maximum atomic E-state index is 6.05. The first-order valence-corrected chi connectivity index (χ1v) is 6.68. The number of ether oxygens (including phenoxy) is 1. The van der Waals surface area contributed by atoms with Crippen LogP contribution in [0.4, 0.5) is 0 Å². The molecule has 2 rings (SSSR count). The summed E-state index contributed by atoms with van der Waals surface area (Å²) >= 11 is 9.29. The van der Waals surface area contributed by atoms with E-state index in [0.29, 0.717) is 23.3 Å². The molecule has 1 atom stereocenters. The zero-order chi connectivity index (χ0) is 14.0. The van der Waals surface area contributed by atoms with Crippen molar-refractivity contribution >= 4 is 27.5 Å². The molecular weight excluding hydrogens is 334 g/mol. The summed E-state index contributed by atoms with van der Waals surface area (Å²) in [5.41, 5.74) is 6.03. The first-order chi connectivity index (χ1) is 8.94. The van der Waals surface area contributed by atoms with Crippen LogP contribution in [0.5, 0.6) is 0 Å². The highest BCUT2D eigenvalue weighted by molar-refractivity contribution is 9.10. The molecule has 0 amide bonds. The molecule has 2 aromatic rings. The summed E-state index contributed by atoms with van der Waals surface area (Å²) < 4.78 is 11.0. The lowest BCUT2D eigenvalue weighted by Gasteiger charge is -2.18. The van der Waals surface area contributed by atoms with E-state index in [-0.39, 0.29) is 0 Å². The summed E-state index contributed by atoms with van der Waals surface area (Å²) in [7, 11) is 1.57. The number of aromatic nitrogens is 2. The van der Waals surface area contributed by atoms with Crippen LogP contribution >= 0.6 is 27.5 Å². The van der Waals surface area contributed by atoms with Gasteiger partial charge in [0, 0.05) is 17.1 Å². The van der Waals surface area contributed by atoms with Crippen LogP contribution in [-0.4, -0.2) is 23.9 Å². The van der Waals surface area contributed by atoms with Crippen molar-refractivity contribution in [2.75, 3.05) is 13.7 Å². The van der Waals surface area contributed by atoms with E-state index < -0.39 is 5.54 Å². The number of hydrogen-bond donors (Lipinski definition) is 1. The van der Waals surface area contributed by atoms with Crippen LogP contribution in [0.25, 0.3) is 11.5 Å². The Morgan fingerprint density at radius 1 is 1.53 bits per heavy atom. The molecule has 0 aliphatic carbocycles. The highest BCUT2D eigenvalue weighted by atomic mass is 79.9. The van der Waals surface area contributed by atoms with Gasteiger partial charge >= 0.3 is 0 Å². The molecule has 0 spiro atoms. The SMILES string of the molecule is COCC(C)(N)c1noc(-c2ccc(Cl)c(Br)c2)n1. The van der Waals surface area contributed by atoms with Crippen molar-refractivity contribution in [3.05, 3.63) is 33.5 Å². The predicted octanol–water partition coefficient (Wildman–Crippen LogP) is 2.97. The van der Waals surface area contributed by atoms with E-state index in [2.05, 4.69) is 26.1 Å². The average molecular weight is 347 g/mol. The third-order valence-corrected chi connectivity index (χ3v) is 3.76. The summed E-state index contributed by atoms with van der Waals surface area (Å²) in [6.07, 6.45) is 0. The number of methoxy groups -OCH3 is 1. The van der Waals surface area contributed by atoms with Gasteiger partial charge in [-0.3, -0.25) is 0 Å². The van der Waals surface area contributed by atoms with Crippen LogP contribution in [0.2, 0.25) is 5.02 Å². The molecule has 2 N–H and O–H groups in total. The normalized spacial score (nSPS) is 14.4. The summed E-state index contributed by atoms with van der Waals surface area (Å²) in [5.74, 6) is 0.788. The second-order valence-corrected chi connectivity index (χ2v) is 5.66. The smallest absolute Gasteiger partial charge is 0.258 e. The van der Waals surface area contributed by atoms with E-state index in [1.165, 1.54) is 0 Å². The first-order valence-electron chi connectivity index (χ1n) is 5.51. The van der Waals surface area contributed by atoms with Crippen molar-refractivity contribution in [3.63, 3.8) is 0 Å². The molecule has 7 heteroatoms. The third kappa shape index (κ3) is 3.14. The molecule has 0 radical (unpaired) electrons. The van der Waals surface area contributed by atoms with E-state index in [0.717, 1.165) is 10.0 Å². The quantitative estimate of drug-likeness (QED) is 0.921. The van der Waals surface area contributed by atoms with Crippen LogP contribution in [0.15, 0.2) is 27.2 Å². The van der Waals surface area contributed by atoms with Crippen molar-refractivity contribution in [3.8, 4) is 11.5 Å².